The van der Waals surface area contributed by atoms with Crippen molar-refractivity contribution in [2.45, 2.75) is 31.7 Å². The van der Waals surface area contributed by atoms with Crippen LogP contribution in [-0.2, 0) is 4.79 Å². The Labute approximate surface area is 187 Å². The summed E-state index contributed by atoms with van der Waals surface area (Å²) in [7, 11) is 1.66. The summed E-state index contributed by atoms with van der Waals surface area (Å²) in [5.74, 6) is 0.505. The molecule has 2 fully saturated rings. The monoisotopic (exact) mass is 444 g/mol. The van der Waals surface area contributed by atoms with E-state index in [0.29, 0.717) is 43.4 Å². The summed E-state index contributed by atoms with van der Waals surface area (Å²) in [5.41, 5.74) is 7.80. The van der Waals surface area contributed by atoms with Crippen molar-refractivity contribution in [1.29, 1.82) is 0 Å². The number of anilines is 2. The van der Waals surface area contributed by atoms with Gasteiger partial charge in [0.1, 0.15) is 5.82 Å². The quantitative estimate of drug-likeness (QED) is 0.675. The van der Waals surface area contributed by atoms with E-state index in [1.54, 1.807) is 7.05 Å². The molecule has 1 aromatic carbocycles. The van der Waals surface area contributed by atoms with E-state index < -0.39 is 0 Å². The Morgan fingerprint density at radius 2 is 1.94 bits per heavy atom. The van der Waals surface area contributed by atoms with Crippen molar-refractivity contribution in [2.24, 2.45) is 5.92 Å². The van der Waals surface area contributed by atoms with Gasteiger partial charge in [-0.2, -0.15) is 0 Å². The molecule has 4 rings (SSSR count). The lowest BCUT2D eigenvalue weighted by Gasteiger charge is -2.38. The van der Waals surface area contributed by atoms with E-state index in [2.05, 4.69) is 20.5 Å². The molecule has 1 aromatic heterocycles. The second-order valence-electron chi connectivity index (χ2n) is 8.33. The number of pyridine rings is 1. The Bertz CT molecular complexity index is 971. The number of carbonyl (C=O) groups excluding carboxylic acids is 2. The van der Waals surface area contributed by atoms with Gasteiger partial charge in [0.25, 0.3) is 0 Å². The molecule has 2 unspecified atom stereocenters. The highest BCUT2D eigenvalue weighted by molar-refractivity contribution is 6.31. The van der Waals surface area contributed by atoms with Crippen molar-refractivity contribution in [3.63, 3.8) is 0 Å². The van der Waals surface area contributed by atoms with Crippen LogP contribution in [0.3, 0.4) is 0 Å². The highest BCUT2D eigenvalue weighted by atomic mass is 35.5. The zero-order chi connectivity index (χ0) is 22.0. The highest BCUT2D eigenvalue weighted by Gasteiger charge is 2.29. The summed E-state index contributed by atoms with van der Waals surface area (Å²) >= 11 is 6.11. The van der Waals surface area contributed by atoms with Crippen LogP contribution < -0.4 is 21.3 Å². The van der Waals surface area contributed by atoms with Gasteiger partial charge < -0.3 is 26.2 Å². The molecule has 2 atom stereocenters. The van der Waals surface area contributed by atoms with Crippen molar-refractivity contribution in [3.8, 4) is 0 Å². The predicted molar refractivity (Wildman–Crippen MR) is 123 cm³/mol. The Morgan fingerprint density at radius 3 is 2.68 bits per heavy atom. The predicted octanol–water partition coefficient (Wildman–Crippen LogP) is 2.61. The Kier molecular flexibility index (Phi) is 6.36. The van der Waals surface area contributed by atoms with Gasteiger partial charge in [-0.25, -0.2) is 9.78 Å². The first-order chi connectivity index (χ1) is 14.9. The third kappa shape index (κ3) is 4.79. The van der Waals surface area contributed by atoms with Crippen LogP contribution >= 0.6 is 11.6 Å². The Morgan fingerprint density at radius 1 is 1.16 bits per heavy atom. The van der Waals surface area contributed by atoms with Crippen LogP contribution in [0.1, 0.15) is 25.7 Å². The Balaban J connectivity index is 1.37. The molecule has 4 N–H and O–H groups in total. The maximum absolute atomic E-state index is 12.8. The lowest BCUT2D eigenvalue weighted by molar-refractivity contribution is -0.125. The van der Waals surface area contributed by atoms with Crippen molar-refractivity contribution in [1.82, 2.24) is 20.5 Å². The normalized spacial score (nSPS) is 21.7. The topological polar surface area (TPSA) is 104 Å². The molecule has 1 aliphatic heterocycles. The van der Waals surface area contributed by atoms with Crippen LogP contribution in [0.25, 0.3) is 10.9 Å². The standard InChI is InChI=1S/C22H29ClN6O2/c1-25-21(30)14-3-2-4-16(11-14)26-22(31)29-9-7-28(8-10-29)19-13-20(24)27-18-12-15(23)5-6-17(18)19/h5-6,12-14,16H,2-4,7-11H2,1H3,(H2,24,27)(H,25,30)(H,26,31). The van der Waals surface area contributed by atoms with Gasteiger partial charge in [0.2, 0.25) is 5.91 Å². The van der Waals surface area contributed by atoms with Crippen LogP contribution in [-0.4, -0.2) is 61.1 Å². The first-order valence-electron chi connectivity index (χ1n) is 10.8. The lowest BCUT2D eigenvalue weighted by Crippen LogP contribution is -2.54. The molecule has 1 aliphatic carbocycles. The number of fused-ring (bicyclic) bond motifs is 1. The largest absolute Gasteiger partial charge is 0.384 e. The van der Waals surface area contributed by atoms with Crippen LogP contribution in [0, 0.1) is 5.92 Å². The third-order valence-corrected chi connectivity index (χ3v) is 6.53. The minimum absolute atomic E-state index is 0.0140. The molecule has 0 radical (unpaired) electrons. The van der Waals surface area contributed by atoms with E-state index in [1.165, 1.54) is 0 Å². The molecular weight excluding hydrogens is 416 g/mol. The molecule has 0 spiro atoms. The summed E-state index contributed by atoms with van der Waals surface area (Å²) < 4.78 is 0. The average Bonchev–Trinajstić information content (AvgIpc) is 2.78. The maximum Gasteiger partial charge on any atom is 0.317 e. The molecule has 2 aromatic rings. The van der Waals surface area contributed by atoms with Gasteiger partial charge in [0.05, 0.1) is 5.52 Å². The number of hydrogen-bond donors (Lipinski definition) is 3. The molecule has 3 amide bonds. The molecule has 1 saturated heterocycles. The highest BCUT2D eigenvalue weighted by Crippen LogP contribution is 2.30. The Hall–Kier alpha value is -2.74. The zero-order valence-electron chi connectivity index (χ0n) is 17.7. The van der Waals surface area contributed by atoms with Crippen LogP contribution in [0.5, 0.6) is 0 Å². The molecule has 1 saturated carbocycles. The SMILES string of the molecule is CNC(=O)C1CCCC(NC(=O)N2CCN(c3cc(N)nc4cc(Cl)ccc34)CC2)C1. The molecule has 31 heavy (non-hydrogen) atoms. The lowest BCUT2D eigenvalue weighted by atomic mass is 9.85. The van der Waals surface area contributed by atoms with E-state index in [9.17, 15) is 9.59 Å². The van der Waals surface area contributed by atoms with Gasteiger partial charge in [-0.1, -0.05) is 18.0 Å². The molecule has 8 nitrogen and oxygen atoms in total. The fourth-order valence-electron chi connectivity index (χ4n) is 4.64. The third-order valence-electron chi connectivity index (χ3n) is 6.30. The van der Waals surface area contributed by atoms with Gasteiger partial charge >= 0.3 is 6.03 Å². The first-order valence-corrected chi connectivity index (χ1v) is 11.2. The van der Waals surface area contributed by atoms with Crippen LogP contribution in [0.4, 0.5) is 16.3 Å². The van der Waals surface area contributed by atoms with Crippen LogP contribution in [0.15, 0.2) is 24.3 Å². The molecular formula is C22H29ClN6O2. The number of carbonyl (C=O) groups is 2. The average molecular weight is 445 g/mol. The minimum atomic E-state index is -0.0481. The fourth-order valence-corrected chi connectivity index (χ4v) is 4.81. The van der Waals surface area contributed by atoms with Gasteiger partial charge in [0, 0.05) is 67.3 Å². The number of rotatable bonds is 3. The van der Waals surface area contributed by atoms with Crippen molar-refractivity contribution >= 4 is 45.9 Å². The second-order valence-corrected chi connectivity index (χ2v) is 8.76. The van der Waals surface area contributed by atoms with Crippen molar-refractivity contribution in [2.75, 3.05) is 43.9 Å². The number of nitrogens with zero attached hydrogens (tertiary/aromatic N) is 3. The zero-order valence-corrected chi connectivity index (χ0v) is 18.5. The van der Waals surface area contributed by atoms with Crippen molar-refractivity contribution in [3.05, 3.63) is 29.3 Å². The minimum Gasteiger partial charge on any atom is -0.384 e. The number of nitrogen functional groups attached to an aromatic ring is 1. The summed E-state index contributed by atoms with van der Waals surface area (Å²) in [6.07, 6.45) is 3.47. The van der Waals surface area contributed by atoms with Gasteiger partial charge in [-0.15, -0.1) is 0 Å². The number of nitrogens with two attached hydrogens (primary N) is 1. The maximum atomic E-state index is 12.8. The molecule has 2 aliphatic rings. The number of hydrogen-bond acceptors (Lipinski definition) is 5. The van der Waals surface area contributed by atoms with E-state index in [1.807, 2.05) is 29.2 Å². The number of benzene rings is 1. The smallest absolute Gasteiger partial charge is 0.317 e. The first kappa shape index (κ1) is 21.5. The molecule has 9 heteroatoms. The molecule has 0 bridgehead atoms. The van der Waals surface area contributed by atoms with E-state index in [4.69, 9.17) is 17.3 Å². The number of nitrogens with one attached hydrogen (secondary N) is 2. The number of amides is 3. The number of halogens is 1. The summed E-state index contributed by atoms with van der Waals surface area (Å²) in [5, 5.41) is 7.49. The second kappa shape index (κ2) is 9.18. The fraction of sp³-hybridized carbons (Fsp3) is 0.500. The number of piperazine rings is 1. The van der Waals surface area contributed by atoms with Gasteiger partial charge in [-0.05, 0) is 37.5 Å². The summed E-state index contributed by atoms with van der Waals surface area (Å²) in [6, 6.07) is 7.52. The molecule has 2 heterocycles. The van der Waals surface area contributed by atoms with E-state index in [0.717, 1.165) is 35.9 Å². The number of aromatic nitrogens is 1. The van der Waals surface area contributed by atoms with E-state index in [-0.39, 0.29) is 23.9 Å². The molecule has 166 valence electrons. The van der Waals surface area contributed by atoms with Crippen molar-refractivity contribution < 1.29 is 9.59 Å². The summed E-state index contributed by atoms with van der Waals surface area (Å²) in [6.45, 7) is 2.66. The summed E-state index contributed by atoms with van der Waals surface area (Å²) in [4.78, 5) is 33.2. The van der Waals surface area contributed by atoms with E-state index >= 15 is 0 Å². The number of urea groups is 1. The van der Waals surface area contributed by atoms with Gasteiger partial charge in [-0.3, -0.25) is 4.79 Å². The van der Waals surface area contributed by atoms with Gasteiger partial charge in [0.15, 0.2) is 0 Å². The van der Waals surface area contributed by atoms with Crippen LogP contribution in [0.2, 0.25) is 5.02 Å².